The summed E-state index contributed by atoms with van der Waals surface area (Å²) < 4.78 is 0. The molecule has 0 saturated carbocycles. The van der Waals surface area contributed by atoms with Crippen molar-refractivity contribution in [3.05, 3.63) is 300 Å². The van der Waals surface area contributed by atoms with Gasteiger partial charge in [0, 0.05) is 11.6 Å². The fourth-order valence-electron chi connectivity index (χ4n) is 9.35. The molecule has 2 unspecified atom stereocenters. The van der Waals surface area contributed by atoms with Crippen LogP contribution >= 0.6 is 0 Å². The highest BCUT2D eigenvalue weighted by Crippen LogP contribution is 2.57. The number of para-hydroxylation sites is 1. The number of hydrogen-bond acceptors (Lipinski definition) is 1. The normalized spacial score (nSPS) is 16.9. The van der Waals surface area contributed by atoms with Crippen LogP contribution in [0.5, 0.6) is 0 Å². The van der Waals surface area contributed by atoms with Crippen molar-refractivity contribution in [2.75, 3.05) is 5.73 Å². The molecular formula is C61H53N. The van der Waals surface area contributed by atoms with Crippen LogP contribution in [0, 0.1) is 0 Å². The van der Waals surface area contributed by atoms with Crippen LogP contribution in [-0.4, -0.2) is 0 Å². The molecule has 0 amide bonds. The number of nitrogen functional groups attached to an aromatic ring is 1. The van der Waals surface area contributed by atoms with Gasteiger partial charge in [-0.25, -0.2) is 0 Å². The molecule has 2 atom stereocenters. The van der Waals surface area contributed by atoms with Crippen LogP contribution in [-0.2, 0) is 11.8 Å². The first-order valence-corrected chi connectivity index (χ1v) is 21.5. The predicted molar refractivity (Wildman–Crippen MR) is 267 cm³/mol. The molecule has 0 spiro atoms. The molecule has 0 bridgehead atoms. The topological polar surface area (TPSA) is 26.0 Å². The minimum atomic E-state index is -0.820. The molecule has 0 aromatic heterocycles. The van der Waals surface area contributed by atoms with Gasteiger partial charge in [-0.1, -0.05) is 238 Å². The van der Waals surface area contributed by atoms with E-state index in [9.17, 15) is 0 Å². The van der Waals surface area contributed by atoms with Crippen molar-refractivity contribution in [1.29, 1.82) is 0 Å². The largest absolute Gasteiger partial charge is 0.398 e. The van der Waals surface area contributed by atoms with Crippen molar-refractivity contribution >= 4 is 11.3 Å². The first-order valence-electron chi connectivity index (χ1n) is 21.5. The zero-order valence-corrected chi connectivity index (χ0v) is 35.3. The molecule has 302 valence electrons. The lowest BCUT2D eigenvalue weighted by molar-refractivity contribution is 0.707. The van der Waals surface area contributed by atoms with Crippen molar-refractivity contribution in [1.82, 2.24) is 0 Å². The van der Waals surface area contributed by atoms with Gasteiger partial charge in [0.2, 0.25) is 0 Å². The first-order chi connectivity index (χ1) is 30.5. The Labute approximate surface area is 368 Å². The highest BCUT2D eigenvalue weighted by molar-refractivity contribution is 5.93. The Bertz CT molecular complexity index is 2820. The number of nitrogens with two attached hydrogens (primary N) is 1. The van der Waals surface area contributed by atoms with Gasteiger partial charge in [0.05, 0.1) is 5.41 Å². The van der Waals surface area contributed by atoms with Crippen molar-refractivity contribution in [3.8, 4) is 22.3 Å². The third-order valence-electron chi connectivity index (χ3n) is 12.2. The van der Waals surface area contributed by atoms with Gasteiger partial charge in [-0.2, -0.15) is 0 Å². The maximum atomic E-state index is 7.25. The van der Waals surface area contributed by atoms with Gasteiger partial charge in [-0.15, -0.1) is 0 Å². The fourth-order valence-corrected chi connectivity index (χ4v) is 9.35. The molecule has 6 aromatic carbocycles. The standard InChI is InChI=1S/C61H53N/c1-4-6-8-10-11-16-31-54(47-25-14-12-15-26-47)48-39-37-46(38-40-48)50-41-42-52-43-51-29-17-19-32-55(51)56-33-21-20-30-53(56)45(3)61(59(52)44-50,58-35-23-24-36-60(58)62)57-34-22-18-28-49(57)27-13-9-7-5-2/h4-21,23-33,35-42,44,54H,1-3,22,34,43,62H2/b8-6-,9-7-,11-10-,27-13-,31-16+. The molecule has 2 aliphatic rings. The summed E-state index contributed by atoms with van der Waals surface area (Å²) in [5.41, 5.74) is 23.7. The number of hydrogen-bond donors (Lipinski definition) is 1. The molecule has 0 radical (unpaired) electrons. The van der Waals surface area contributed by atoms with Crippen LogP contribution in [0.15, 0.2) is 262 Å². The first kappa shape index (κ1) is 41.3. The number of benzene rings is 6. The monoisotopic (exact) mass is 799 g/mol. The fraction of sp³-hybridized carbons (Fsp3) is 0.0820. The van der Waals surface area contributed by atoms with Crippen LogP contribution in [0.3, 0.4) is 0 Å². The zero-order chi connectivity index (χ0) is 42.7. The van der Waals surface area contributed by atoms with Gasteiger partial charge in [0.25, 0.3) is 0 Å². The van der Waals surface area contributed by atoms with Gasteiger partial charge < -0.3 is 5.73 Å². The van der Waals surface area contributed by atoms with E-state index in [1.54, 1.807) is 6.08 Å². The van der Waals surface area contributed by atoms with Crippen molar-refractivity contribution in [2.45, 2.75) is 30.6 Å². The van der Waals surface area contributed by atoms with Crippen LogP contribution < -0.4 is 5.73 Å². The van der Waals surface area contributed by atoms with Crippen LogP contribution in [0.25, 0.3) is 27.8 Å². The van der Waals surface area contributed by atoms with Crippen molar-refractivity contribution < 1.29 is 0 Å². The molecule has 62 heavy (non-hydrogen) atoms. The average Bonchev–Trinajstić information content (AvgIpc) is 3.35. The van der Waals surface area contributed by atoms with E-state index in [0.717, 1.165) is 58.3 Å². The average molecular weight is 800 g/mol. The zero-order valence-electron chi connectivity index (χ0n) is 35.3. The van der Waals surface area contributed by atoms with Gasteiger partial charge in [0.1, 0.15) is 0 Å². The minimum absolute atomic E-state index is 0.0917. The predicted octanol–water partition coefficient (Wildman–Crippen LogP) is 15.4. The molecule has 1 nitrogen and oxygen atoms in total. The number of rotatable bonds is 12. The summed E-state index contributed by atoms with van der Waals surface area (Å²) in [5, 5.41) is 0. The van der Waals surface area contributed by atoms with Crippen molar-refractivity contribution in [2.24, 2.45) is 0 Å². The molecule has 0 aliphatic heterocycles. The Kier molecular flexibility index (Phi) is 12.8. The molecule has 0 fully saturated rings. The van der Waals surface area contributed by atoms with E-state index in [0.29, 0.717) is 0 Å². The highest BCUT2D eigenvalue weighted by atomic mass is 14.6. The van der Waals surface area contributed by atoms with Crippen molar-refractivity contribution in [3.63, 3.8) is 0 Å². The number of fused-ring (bicyclic) bond motifs is 4. The molecule has 2 N–H and O–H groups in total. The smallest absolute Gasteiger partial charge is 0.0693 e. The third-order valence-corrected chi connectivity index (χ3v) is 12.2. The third kappa shape index (κ3) is 8.31. The lowest BCUT2D eigenvalue weighted by Crippen LogP contribution is -2.35. The van der Waals surface area contributed by atoms with E-state index in [4.69, 9.17) is 12.3 Å². The van der Waals surface area contributed by atoms with E-state index in [-0.39, 0.29) is 5.92 Å². The van der Waals surface area contributed by atoms with E-state index in [1.807, 2.05) is 48.6 Å². The van der Waals surface area contributed by atoms with Gasteiger partial charge in [-0.05, 0) is 109 Å². The minimum Gasteiger partial charge on any atom is -0.398 e. The van der Waals surface area contributed by atoms with Gasteiger partial charge in [0.15, 0.2) is 0 Å². The maximum absolute atomic E-state index is 7.25. The second kappa shape index (κ2) is 19.3. The van der Waals surface area contributed by atoms with Gasteiger partial charge in [-0.3, -0.25) is 0 Å². The summed E-state index contributed by atoms with van der Waals surface area (Å²) in [5.74, 6) is 0.0917. The molecule has 1 heteroatoms. The number of anilines is 1. The highest BCUT2D eigenvalue weighted by Gasteiger charge is 2.46. The van der Waals surface area contributed by atoms with Gasteiger partial charge >= 0.3 is 0 Å². The molecule has 0 heterocycles. The van der Waals surface area contributed by atoms with Crippen LogP contribution in [0.4, 0.5) is 5.69 Å². The quantitative estimate of drug-likeness (QED) is 0.0968. The summed E-state index contributed by atoms with van der Waals surface area (Å²) in [6.45, 7) is 12.9. The summed E-state index contributed by atoms with van der Waals surface area (Å²) in [7, 11) is 0. The van der Waals surface area contributed by atoms with E-state index in [2.05, 4.69) is 189 Å². The summed E-state index contributed by atoms with van der Waals surface area (Å²) in [6, 6.07) is 53.0. The molecule has 2 aliphatic carbocycles. The SMILES string of the molecule is C=C\C=C/C=C\C=C\C(c1ccccc1)c1ccc(-c2ccc3c(c2)C(C2=C(/C=C\C=C/C=C)C=CCC2)(c2ccccc2N)C(=C)c2ccccc2-c2ccccc2C3)cc1. The summed E-state index contributed by atoms with van der Waals surface area (Å²) in [4.78, 5) is 0. The van der Waals surface area contributed by atoms with Crippen LogP contribution in [0.1, 0.15) is 57.7 Å². The summed E-state index contributed by atoms with van der Waals surface area (Å²) in [6.07, 6.45) is 31.4. The molecule has 0 saturated heterocycles. The molecule has 6 aromatic rings. The van der Waals surface area contributed by atoms with E-state index < -0.39 is 5.41 Å². The Morgan fingerprint density at radius 2 is 1.18 bits per heavy atom. The lowest BCUT2D eigenvalue weighted by atomic mass is 9.58. The number of allylic oxidation sites excluding steroid dienone is 17. The Morgan fingerprint density at radius 1 is 0.548 bits per heavy atom. The lowest BCUT2D eigenvalue weighted by Gasteiger charge is -2.43. The Balaban J connectivity index is 1.38. The van der Waals surface area contributed by atoms with E-state index in [1.165, 1.54) is 44.5 Å². The Hall–Kier alpha value is -7.48. The second-order valence-electron chi connectivity index (χ2n) is 15.8. The molecular weight excluding hydrogens is 747 g/mol. The van der Waals surface area contributed by atoms with Crippen LogP contribution in [0.2, 0.25) is 0 Å². The second-order valence-corrected chi connectivity index (χ2v) is 15.8. The van der Waals surface area contributed by atoms with E-state index >= 15 is 0 Å². The summed E-state index contributed by atoms with van der Waals surface area (Å²) >= 11 is 0. The Morgan fingerprint density at radius 3 is 1.95 bits per heavy atom. The molecule has 8 rings (SSSR count). The maximum Gasteiger partial charge on any atom is 0.0693 e.